The standard InChI is InChI=1S/C15H29N3O/c1-2-10-18(13-14-6-8-16-9-7-14)15(19)17-11-4-3-5-12-17/h14,16H,2-13H2,1H3. The summed E-state index contributed by atoms with van der Waals surface area (Å²) in [6.45, 7) is 8.20. The van der Waals surface area contributed by atoms with Gasteiger partial charge in [-0.1, -0.05) is 6.92 Å². The van der Waals surface area contributed by atoms with Crippen molar-refractivity contribution in [3.05, 3.63) is 0 Å². The fourth-order valence-corrected chi connectivity index (χ4v) is 3.20. The lowest BCUT2D eigenvalue weighted by Crippen LogP contribution is -2.48. The number of carbonyl (C=O) groups is 1. The van der Waals surface area contributed by atoms with Crippen molar-refractivity contribution >= 4 is 6.03 Å². The SMILES string of the molecule is CCCN(CC1CCNCC1)C(=O)N1CCCCC1. The van der Waals surface area contributed by atoms with Crippen LogP contribution >= 0.6 is 0 Å². The highest BCUT2D eigenvalue weighted by Gasteiger charge is 2.25. The zero-order chi connectivity index (χ0) is 13.5. The zero-order valence-corrected chi connectivity index (χ0v) is 12.4. The fraction of sp³-hybridized carbons (Fsp3) is 0.933. The molecule has 1 N–H and O–H groups in total. The van der Waals surface area contributed by atoms with Gasteiger partial charge in [-0.15, -0.1) is 0 Å². The number of nitrogens with zero attached hydrogens (tertiary/aromatic N) is 2. The summed E-state index contributed by atoms with van der Waals surface area (Å²) in [4.78, 5) is 16.8. The van der Waals surface area contributed by atoms with Gasteiger partial charge < -0.3 is 15.1 Å². The molecule has 0 atom stereocenters. The maximum Gasteiger partial charge on any atom is 0.320 e. The van der Waals surface area contributed by atoms with Crippen LogP contribution < -0.4 is 5.32 Å². The molecule has 0 aromatic rings. The molecule has 0 aromatic carbocycles. The molecule has 4 nitrogen and oxygen atoms in total. The molecule has 0 radical (unpaired) electrons. The van der Waals surface area contributed by atoms with Crippen molar-refractivity contribution in [1.29, 1.82) is 0 Å². The van der Waals surface area contributed by atoms with Crippen molar-refractivity contribution in [2.75, 3.05) is 39.3 Å². The first-order valence-corrected chi connectivity index (χ1v) is 8.06. The van der Waals surface area contributed by atoms with Crippen LogP contribution in [0.25, 0.3) is 0 Å². The number of piperidine rings is 2. The van der Waals surface area contributed by atoms with E-state index in [0.717, 1.165) is 45.7 Å². The molecule has 4 heteroatoms. The highest BCUT2D eigenvalue weighted by atomic mass is 16.2. The van der Waals surface area contributed by atoms with Crippen molar-refractivity contribution < 1.29 is 4.79 Å². The second kappa shape index (κ2) is 7.73. The number of hydrogen-bond donors (Lipinski definition) is 1. The topological polar surface area (TPSA) is 35.6 Å². The maximum atomic E-state index is 12.6. The Morgan fingerprint density at radius 2 is 1.89 bits per heavy atom. The third-order valence-corrected chi connectivity index (χ3v) is 4.33. The average molecular weight is 267 g/mol. The molecule has 2 rings (SSSR count). The van der Waals surface area contributed by atoms with E-state index in [9.17, 15) is 4.79 Å². The predicted octanol–water partition coefficient (Wildman–Crippen LogP) is 2.30. The third-order valence-electron chi connectivity index (χ3n) is 4.33. The third kappa shape index (κ3) is 4.37. The van der Waals surface area contributed by atoms with Gasteiger partial charge in [0.2, 0.25) is 0 Å². The number of hydrogen-bond acceptors (Lipinski definition) is 2. The van der Waals surface area contributed by atoms with E-state index in [4.69, 9.17) is 0 Å². The van der Waals surface area contributed by atoms with Crippen LogP contribution in [0.1, 0.15) is 45.4 Å². The van der Waals surface area contributed by atoms with Crippen molar-refractivity contribution in [3.63, 3.8) is 0 Å². The van der Waals surface area contributed by atoms with Gasteiger partial charge in [0.1, 0.15) is 0 Å². The first kappa shape index (κ1) is 14.6. The molecule has 2 saturated heterocycles. The fourth-order valence-electron chi connectivity index (χ4n) is 3.20. The number of rotatable bonds is 4. The highest BCUT2D eigenvalue weighted by molar-refractivity contribution is 5.74. The molecule has 0 unspecified atom stereocenters. The molecule has 19 heavy (non-hydrogen) atoms. The van der Waals surface area contributed by atoms with Crippen LogP contribution in [0, 0.1) is 5.92 Å². The van der Waals surface area contributed by atoms with E-state index < -0.39 is 0 Å². The van der Waals surface area contributed by atoms with Gasteiger partial charge in [-0.05, 0) is 57.5 Å². The van der Waals surface area contributed by atoms with E-state index >= 15 is 0 Å². The smallest absolute Gasteiger partial charge is 0.320 e. The Bertz CT molecular complexity index is 271. The van der Waals surface area contributed by atoms with Gasteiger partial charge in [-0.3, -0.25) is 0 Å². The Balaban J connectivity index is 1.87. The van der Waals surface area contributed by atoms with Crippen LogP contribution in [-0.4, -0.2) is 55.1 Å². The molecule has 2 aliphatic heterocycles. The summed E-state index contributed by atoms with van der Waals surface area (Å²) in [7, 11) is 0. The molecule has 0 bridgehead atoms. The van der Waals surface area contributed by atoms with Crippen molar-refractivity contribution in [3.8, 4) is 0 Å². The van der Waals surface area contributed by atoms with Gasteiger partial charge in [0.25, 0.3) is 0 Å². The molecule has 110 valence electrons. The zero-order valence-electron chi connectivity index (χ0n) is 12.4. The van der Waals surface area contributed by atoms with Crippen LogP contribution in [0.3, 0.4) is 0 Å². The lowest BCUT2D eigenvalue weighted by Gasteiger charge is -2.35. The highest BCUT2D eigenvalue weighted by Crippen LogP contribution is 2.17. The van der Waals surface area contributed by atoms with Gasteiger partial charge in [-0.25, -0.2) is 4.79 Å². The maximum absolute atomic E-state index is 12.6. The number of carbonyl (C=O) groups excluding carboxylic acids is 1. The van der Waals surface area contributed by atoms with Crippen LogP contribution in [0.2, 0.25) is 0 Å². The van der Waals surface area contributed by atoms with Gasteiger partial charge in [0.05, 0.1) is 0 Å². The molecule has 0 aliphatic carbocycles. The van der Waals surface area contributed by atoms with Gasteiger partial charge in [-0.2, -0.15) is 0 Å². The van der Waals surface area contributed by atoms with E-state index in [1.54, 1.807) is 0 Å². The Morgan fingerprint density at radius 1 is 1.21 bits per heavy atom. The quantitative estimate of drug-likeness (QED) is 0.848. The first-order chi connectivity index (χ1) is 9.31. The molecule has 2 amide bonds. The molecule has 0 saturated carbocycles. The Hall–Kier alpha value is -0.770. The van der Waals surface area contributed by atoms with Gasteiger partial charge in [0.15, 0.2) is 0 Å². The minimum absolute atomic E-state index is 0.292. The predicted molar refractivity (Wildman–Crippen MR) is 78.3 cm³/mol. The number of amides is 2. The van der Waals surface area contributed by atoms with E-state index in [1.165, 1.54) is 32.1 Å². The van der Waals surface area contributed by atoms with Crippen molar-refractivity contribution in [2.24, 2.45) is 5.92 Å². The normalized spacial score (nSPS) is 21.4. The lowest BCUT2D eigenvalue weighted by atomic mass is 9.97. The first-order valence-electron chi connectivity index (χ1n) is 8.06. The molecule has 0 spiro atoms. The van der Waals surface area contributed by atoms with Crippen molar-refractivity contribution in [1.82, 2.24) is 15.1 Å². The van der Waals surface area contributed by atoms with E-state index in [1.807, 2.05) is 0 Å². The van der Waals surface area contributed by atoms with Crippen LogP contribution in [0.4, 0.5) is 4.79 Å². The van der Waals surface area contributed by atoms with Gasteiger partial charge >= 0.3 is 6.03 Å². The summed E-state index contributed by atoms with van der Waals surface area (Å²) >= 11 is 0. The summed E-state index contributed by atoms with van der Waals surface area (Å²) in [5.41, 5.74) is 0. The second-order valence-electron chi connectivity index (χ2n) is 5.97. The summed E-state index contributed by atoms with van der Waals surface area (Å²) in [6, 6.07) is 0.292. The van der Waals surface area contributed by atoms with E-state index in [-0.39, 0.29) is 0 Å². The van der Waals surface area contributed by atoms with Crippen LogP contribution in [0.15, 0.2) is 0 Å². The average Bonchev–Trinajstić information content (AvgIpc) is 2.48. The largest absolute Gasteiger partial charge is 0.325 e. The number of nitrogens with one attached hydrogen (secondary N) is 1. The van der Waals surface area contributed by atoms with Crippen LogP contribution in [-0.2, 0) is 0 Å². The Labute approximate surface area is 117 Å². The number of urea groups is 1. The summed E-state index contributed by atoms with van der Waals surface area (Å²) in [6.07, 6.45) is 7.13. The molecule has 2 heterocycles. The minimum atomic E-state index is 0.292. The lowest BCUT2D eigenvalue weighted by molar-refractivity contribution is 0.132. The van der Waals surface area contributed by atoms with Crippen molar-refractivity contribution in [2.45, 2.75) is 45.4 Å². The summed E-state index contributed by atoms with van der Waals surface area (Å²) in [5.74, 6) is 0.696. The van der Waals surface area contributed by atoms with Crippen LogP contribution in [0.5, 0.6) is 0 Å². The van der Waals surface area contributed by atoms with Gasteiger partial charge in [0, 0.05) is 26.2 Å². The summed E-state index contributed by atoms with van der Waals surface area (Å²) < 4.78 is 0. The molecule has 0 aromatic heterocycles. The molecule has 2 aliphatic rings. The second-order valence-corrected chi connectivity index (χ2v) is 5.97. The number of likely N-dealkylation sites (tertiary alicyclic amines) is 1. The van der Waals surface area contributed by atoms with E-state index in [2.05, 4.69) is 22.0 Å². The molecular formula is C15H29N3O. The molecule has 2 fully saturated rings. The Kier molecular flexibility index (Phi) is 5.95. The Morgan fingerprint density at radius 3 is 2.53 bits per heavy atom. The molecular weight excluding hydrogens is 238 g/mol. The minimum Gasteiger partial charge on any atom is -0.325 e. The summed E-state index contributed by atoms with van der Waals surface area (Å²) in [5, 5.41) is 3.40. The monoisotopic (exact) mass is 267 g/mol. The van der Waals surface area contributed by atoms with E-state index in [0.29, 0.717) is 11.9 Å².